The quantitative estimate of drug-likeness (QED) is 0.422. The summed E-state index contributed by atoms with van der Waals surface area (Å²) in [5, 5.41) is 0. The van der Waals surface area contributed by atoms with Crippen molar-refractivity contribution < 1.29 is 14.2 Å². The van der Waals surface area contributed by atoms with E-state index in [0.29, 0.717) is 13.2 Å². The summed E-state index contributed by atoms with van der Waals surface area (Å²) in [4.78, 5) is 6.76. The van der Waals surface area contributed by atoms with E-state index in [1.807, 2.05) is 38.6 Å². The summed E-state index contributed by atoms with van der Waals surface area (Å²) in [6.07, 6.45) is 6.87. The zero-order valence-corrected chi connectivity index (χ0v) is 20.7. The van der Waals surface area contributed by atoms with Gasteiger partial charge in [0.05, 0.1) is 6.54 Å². The van der Waals surface area contributed by atoms with Crippen molar-refractivity contribution in [3.05, 3.63) is 77.9 Å². The number of aryl methyl sites for hydroxylation is 2. The minimum Gasteiger partial charge on any atom is -0.492 e. The molecule has 0 spiro atoms. The average molecular weight is 464 g/mol. The number of ether oxygens (including phenoxy) is 3. The van der Waals surface area contributed by atoms with E-state index in [9.17, 15) is 0 Å². The smallest absolute Gasteiger partial charge is 0.119 e. The third kappa shape index (κ3) is 6.61. The summed E-state index contributed by atoms with van der Waals surface area (Å²) in [5.74, 6) is 2.82. The lowest BCUT2D eigenvalue weighted by Crippen LogP contribution is -2.39. The fourth-order valence-corrected chi connectivity index (χ4v) is 4.49. The molecule has 6 nitrogen and oxygen atoms in total. The Labute approximate surface area is 203 Å². The lowest BCUT2D eigenvalue weighted by Gasteiger charge is -2.31. The molecule has 6 heteroatoms. The van der Waals surface area contributed by atoms with Crippen LogP contribution in [0.15, 0.2) is 60.9 Å². The molecule has 0 aliphatic carbocycles. The van der Waals surface area contributed by atoms with Crippen molar-refractivity contribution in [3.8, 4) is 11.5 Å². The maximum atomic E-state index is 6.12. The molecule has 2 heterocycles. The van der Waals surface area contributed by atoms with Crippen LogP contribution in [0.1, 0.15) is 36.2 Å². The summed E-state index contributed by atoms with van der Waals surface area (Å²) in [6.45, 7) is 9.11. The second-order valence-corrected chi connectivity index (χ2v) is 9.28. The van der Waals surface area contributed by atoms with Gasteiger partial charge in [-0.15, -0.1) is 0 Å². The third-order valence-corrected chi connectivity index (χ3v) is 6.80. The first kappa shape index (κ1) is 24.3. The van der Waals surface area contributed by atoms with Crippen molar-refractivity contribution in [2.24, 2.45) is 0 Å². The number of nitrogens with zero attached hydrogens (tertiary/aromatic N) is 3. The molecule has 0 bridgehead atoms. The van der Waals surface area contributed by atoms with E-state index in [4.69, 9.17) is 14.2 Å². The largest absolute Gasteiger partial charge is 0.492 e. The summed E-state index contributed by atoms with van der Waals surface area (Å²) >= 11 is 0. The molecule has 1 unspecified atom stereocenters. The van der Waals surface area contributed by atoms with Crippen molar-refractivity contribution in [1.29, 1.82) is 0 Å². The third-order valence-electron chi connectivity index (χ3n) is 6.80. The monoisotopic (exact) mass is 463 g/mol. The van der Waals surface area contributed by atoms with Crippen molar-refractivity contribution in [2.75, 3.05) is 33.4 Å². The van der Waals surface area contributed by atoms with Gasteiger partial charge in [-0.2, -0.15) is 0 Å². The highest BCUT2D eigenvalue weighted by atomic mass is 16.5. The Hall–Kier alpha value is -2.83. The number of likely N-dealkylation sites (tertiary alicyclic amines) is 1. The minimum absolute atomic E-state index is 0.231. The van der Waals surface area contributed by atoms with Crippen LogP contribution in [0.25, 0.3) is 0 Å². The molecule has 4 rings (SSSR count). The number of methoxy groups -OCH3 is 1. The molecule has 1 fully saturated rings. The molecule has 182 valence electrons. The van der Waals surface area contributed by atoms with Crippen LogP contribution in [0, 0.1) is 13.8 Å². The Morgan fingerprint density at radius 1 is 0.912 bits per heavy atom. The molecule has 1 aliphatic rings. The molecule has 1 aliphatic heterocycles. The van der Waals surface area contributed by atoms with Crippen LogP contribution in [0.4, 0.5) is 0 Å². The highest BCUT2D eigenvalue weighted by Gasteiger charge is 2.33. The lowest BCUT2D eigenvalue weighted by atomic mass is 9.95. The molecule has 1 saturated heterocycles. The van der Waals surface area contributed by atoms with Gasteiger partial charge in [0.15, 0.2) is 0 Å². The summed E-state index contributed by atoms with van der Waals surface area (Å²) in [5.41, 5.74) is 2.31. The first-order valence-electron chi connectivity index (χ1n) is 12.2. The Morgan fingerprint density at radius 2 is 1.65 bits per heavy atom. The van der Waals surface area contributed by atoms with E-state index < -0.39 is 0 Å². The second-order valence-electron chi connectivity index (χ2n) is 9.28. The molecule has 1 atom stereocenters. The van der Waals surface area contributed by atoms with Crippen molar-refractivity contribution in [2.45, 2.75) is 51.8 Å². The van der Waals surface area contributed by atoms with E-state index in [0.717, 1.165) is 62.8 Å². The van der Waals surface area contributed by atoms with Gasteiger partial charge in [-0.05, 0) is 69.5 Å². The Kier molecular flexibility index (Phi) is 8.25. The normalized spacial score (nSPS) is 19.0. The van der Waals surface area contributed by atoms with E-state index >= 15 is 0 Å². The van der Waals surface area contributed by atoms with Crippen LogP contribution in [0.5, 0.6) is 11.5 Å². The molecule has 0 saturated carbocycles. The Morgan fingerprint density at radius 3 is 2.35 bits per heavy atom. The molecular formula is C28H37N3O3. The maximum absolute atomic E-state index is 6.12. The van der Waals surface area contributed by atoms with Crippen LogP contribution in [0.3, 0.4) is 0 Å². The van der Waals surface area contributed by atoms with Gasteiger partial charge in [0, 0.05) is 32.6 Å². The lowest BCUT2D eigenvalue weighted by molar-refractivity contribution is -0.0541. The zero-order chi connectivity index (χ0) is 23.8. The van der Waals surface area contributed by atoms with Crippen LogP contribution >= 0.6 is 0 Å². The second kappa shape index (κ2) is 11.5. The number of imidazole rings is 1. The number of hydrogen-bond donors (Lipinski definition) is 0. The van der Waals surface area contributed by atoms with Gasteiger partial charge in [0.2, 0.25) is 0 Å². The van der Waals surface area contributed by atoms with Crippen LogP contribution in [-0.4, -0.2) is 53.5 Å². The van der Waals surface area contributed by atoms with E-state index in [1.54, 1.807) is 0 Å². The van der Waals surface area contributed by atoms with Crippen molar-refractivity contribution in [3.63, 3.8) is 0 Å². The number of rotatable bonds is 10. The van der Waals surface area contributed by atoms with Gasteiger partial charge in [-0.3, -0.25) is 4.90 Å². The topological polar surface area (TPSA) is 48.8 Å². The first-order chi connectivity index (χ1) is 16.5. The fraction of sp³-hybridized carbons (Fsp3) is 0.464. The van der Waals surface area contributed by atoms with Gasteiger partial charge < -0.3 is 18.8 Å². The van der Waals surface area contributed by atoms with Gasteiger partial charge in [-0.1, -0.05) is 29.8 Å². The summed E-state index contributed by atoms with van der Waals surface area (Å²) < 4.78 is 20.1. The van der Waals surface area contributed by atoms with E-state index in [2.05, 4.69) is 57.8 Å². The van der Waals surface area contributed by atoms with Crippen molar-refractivity contribution in [1.82, 2.24) is 14.5 Å². The molecule has 1 aromatic heterocycles. The van der Waals surface area contributed by atoms with Gasteiger partial charge in [-0.25, -0.2) is 4.98 Å². The Balaban J connectivity index is 1.24. The highest BCUT2D eigenvalue weighted by molar-refractivity contribution is 5.27. The van der Waals surface area contributed by atoms with Crippen LogP contribution in [0.2, 0.25) is 0 Å². The number of hydrogen-bond acceptors (Lipinski definition) is 5. The van der Waals surface area contributed by atoms with Crippen molar-refractivity contribution >= 4 is 0 Å². The zero-order valence-electron chi connectivity index (χ0n) is 20.7. The standard InChI is InChI=1S/C28H37N3O3/c1-23-5-9-27(10-6-23)34-22-28(32-3)13-4-16-30(17-14-28)21-25-7-11-26(12-8-25)33-20-19-31-18-15-29-24(31)2/h5-12,15,18H,4,13-14,16-17,19-22H2,1-3H3. The summed E-state index contributed by atoms with van der Waals surface area (Å²) in [7, 11) is 1.82. The molecule has 34 heavy (non-hydrogen) atoms. The van der Waals surface area contributed by atoms with E-state index in [-0.39, 0.29) is 5.60 Å². The molecule has 0 radical (unpaired) electrons. The van der Waals surface area contributed by atoms with Gasteiger partial charge in [0.25, 0.3) is 0 Å². The van der Waals surface area contributed by atoms with Gasteiger partial charge in [0.1, 0.15) is 36.1 Å². The first-order valence-corrected chi connectivity index (χ1v) is 12.2. The highest BCUT2D eigenvalue weighted by Crippen LogP contribution is 2.28. The minimum atomic E-state index is -0.231. The number of benzene rings is 2. The Bertz CT molecular complexity index is 1020. The molecule has 0 amide bonds. The van der Waals surface area contributed by atoms with Crippen LogP contribution < -0.4 is 9.47 Å². The molecular weight excluding hydrogens is 426 g/mol. The average Bonchev–Trinajstić information content (AvgIpc) is 3.15. The summed E-state index contributed by atoms with van der Waals surface area (Å²) in [6, 6.07) is 16.7. The predicted molar refractivity (Wildman–Crippen MR) is 134 cm³/mol. The molecule has 3 aromatic rings. The maximum Gasteiger partial charge on any atom is 0.119 e. The fourth-order valence-electron chi connectivity index (χ4n) is 4.49. The molecule has 0 N–H and O–H groups in total. The SMILES string of the molecule is COC1(COc2ccc(C)cc2)CCCN(Cc2ccc(OCCn3ccnc3C)cc2)CC1. The molecule has 2 aromatic carbocycles. The number of aromatic nitrogens is 2. The van der Waals surface area contributed by atoms with Gasteiger partial charge >= 0.3 is 0 Å². The van der Waals surface area contributed by atoms with E-state index in [1.165, 1.54) is 11.1 Å². The predicted octanol–water partition coefficient (Wildman–Crippen LogP) is 5.03. The van der Waals surface area contributed by atoms with Crippen LogP contribution in [-0.2, 0) is 17.8 Å².